The van der Waals surface area contributed by atoms with E-state index in [1.165, 1.54) is 43.2 Å². The summed E-state index contributed by atoms with van der Waals surface area (Å²) in [5, 5.41) is 7.09. The third kappa shape index (κ3) is 5.63. The molecule has 2 N–H and O–H groups in total. The molecule has 3 heterocycles. The topological polar surface area (TPSA) is 53.6 Å². The number of ether oxygens (including phenoxy) is 1. The molecule has 0 aliphatic carbocycles. The highest BCUT2D eigenvalue weighted by atomic mass is 16.5. The number of piperidine rings is 2. The van der Waals surface area contributed by atoms with E-state index in [1.54, 1.807) is 0 Å². The zero-order chi connectivity index (χ0) is 24.9. The lowest BCUT2D eigenvalue weighted by Crippen LogP contribution is -2.55. The molecular formula is C31H43N3O2. The Morgan fingerprint density at radius 3 is 2.89 bits per heavy atom. The van der Waals surface area contributed by atoms with Gasteiger partial charge in [0.15, 0.2) is 0 Å². The molecule has 4 atom stereocenters. The van der Waals surface area contributed by atoms with Gasteiger partial charge in [-0.15, -0.1) is 0 Å². The average molecular weight is 490 g/mol. The maximum Gasteiger partial charge on any atom is 0.252 e. The second kappa shape index (κ2) is 11.8. The highest BCUT2D eigenvalue weighted by Crippen LogP contribution is 2.43. The van der Waals surface area contributed by atoms with Gasteiger partial charge in [0.05, 0.1) is 12.6 Å². The van der Waals surface area contributed by atoms with E-state index in [9.17, 15) is 4.79 Å². The van der Waals surface area contributed by atoms with Crippen LogP contribution < -0.4 is 15.4 Å². The summed E-state index contributed by atoms with van der Waals surface area (Å²) in [5.74, 6) is 1.60. The number of hydrogen-bond acceptors (Lipinski definition) is 4. The maximum atomic E-state index is 13.8. The minimum Gasteiger partial charge on any atom is -0.494 e. The number of carbonyl (C=O) groups excluding carboxylic acids is 1. The van der Waals surface area contributed by atoms with Crippen molar-refractivity contribution >= 4 is 5.91 Å². The van der Waals surface area contributed by atoms with E-state index in [0.717, 1.165) is 61.7 Å². The Kier molecular flexibility index (Phi) is 8.28. The third-order valence-corrected chi connectivity index (χ3v) is 8.51. The van der Waals surface area contributed by atoms with E-state index < -0.39 is 0 Å². The van der Waals surface area contributed by atoms with Crippen LogP contribution in [-0.2, 0) is 6.42 Å². The van der Waals surface area contributed by atoms with Crippen molar-refractivity contribution in [2.45, 2.75) is 83.3 Å². The smallest absolute Gasteiger partial charge is 0.252 e. The summed E-state index contributed by atoms with van der Waals surface area (Å²) in [4.78, 5) is 16.5. The fourth-order valence-electron chi connectivity index (χ4n) is 6.52. The van der Waals surface area contributed by atoms with Crippen LogP contribution in [0, 0.1) is 5.92 Å². The Balaban J connectivity index is 1.42. The van der Waals surface area contributed by atoms with Gasteiger partial charge in [0.1, 0.15) is 5.75 Å². The summed E-state index contributed by atoms with van der Waals surface area (Å²) < 4.78 is 6.22. The number of nitrogens with zero attached hydrogens (tertiary/aromatic N) is 1. The van der Waals surface area contributed by atoms with Crippen molar-refractivity contribution in [3.63, 3.8) is 0 Å². The van der Waals surface area contributed by atoms with E-state index in [0.29, 0.717) is 18.7 Å². The predicted octanol–water partition coefficient (Wildman–Crippen LogP) is 5.81. The number of unbranched alkanes of at least 4 members (excludes halogenated alkanes) is 3. The molecule has 36 heavy (non-hydrogen) atoms. The van der Waals surface area contributed by atoms with Crippen molar-refractivity contribution in [1.82, 2.24) is 15.5 Å². The summed E-state index contributed by atoms with van der Waals surface area (Å²) >= 11 is 0. The molecular weight excluding hydrogens is 446 g/mol. The number of rotatable bonds is 9. The monoisotopic (exact) mass is 489 g/mol. The van der Waals surface area contributed by atoms with E-state index in [4.69, 9.17) is 4.74 Å². The molecule has 0 bridgehead atoms. The van der Waals surface area contributed by atoms with Crippen LogP contribution in [0.1, 0.15) is 97.9 Å². The first kappa shape index (κ1) is 25.3. The van der Waals surface area contributed by atoms with E-state index in [1.807, 2.05) is 24.3 Å². The molecule has 0 unspecified atom stereocenters. The van der Waals surface area contributed by atoms with Gasteiger partial charge in [0.25, 0.3) is 5.91 Å². The SMILES string of the molecule is CCCCCCOc1cc2c(c(C(=O)N[C@H](C)c3ccccc3)c1)[C@@H]1C[C@@H]3NCCC[C@@H]3CN1CC2. The van der Waals surface area contributed by atoms with Gasteiger partial charge in [-0.2, -0.15) is 0 Å². The summed E-state index contributed by atoms with van der Waals surface area (Å²) in [7, 11) is 0. The molecule has 0 spiro atoms. The van der Waals surface area contributed by atoms with Crippen molar-refractivity contribution in [2.24, 2.45) is 5.92 Å². The molecule has 2 saturated heterocycles. The summed E-state index contributed by atoms with van der Waals surface area (Å²) in [5.41, 5.74) is 4.47. The average Bonchev–Trinajstić information content (AvgIpc) is 2.91. The number of benzene rings is 2. The maximum absolute atomic E-state index is 13.8. The van der Waals surface area contributed by atoms with Crippen LogP contribution in [-0.4, -0.2) is 43.1 Å². The number of amides is 1. The Morgan fingerprint density at radius 2 is 2.06 bits per heavy atom. The molecule has 3 aliphatic heterocycles. The number of hydrogen-bond donors (Lipinski definition) is 2. The molecule has 1 amide bonds. The lowest BCUT2D eigenvalue weighted by atomic mass is 9.76. The van der Waals surface area contributed by atoms with Gasteiger partial charge < -0.3 is 15.4 Å². The molecule has 2 fully saturated rings. The second-order valence-corrected chi connectivity index (χ2v) is 11.0. The summed E-state index contributed by atoms with van der Waals surface area (Å²) in [6.07, 6.45) is 9.38. The number of fused-ring (bicyclic) bond motifs is 4. The molecule has 2 aromatic carbocycles. The van der Waals surface area contributed by atoms with E-state index in [-0.39, 0.29) is 11.9 Å². The van der Waals surface area contributed by atoms with Gasteiger partial charge in [-0.25, -0.2) is 0 Å². The largest absolute Gasteiger partial charge is 0.494 e. The molecule has 5 heteroatoms. The number of nitrogens with one attached hydrogen (secondary N) is 2. The quantitative estimate of drug-likeness (QED) is 0.437. The lowest BCUT2D eigenvalue weighted by Gasteiger charge is -2.49. The van der Waals surface area contributed by atoms with Crippen LogP contribution in [0.5, 0.6) is 5.75 Å². The molecule has 5 rings (SSSR count). The third-order valence-electron chi connectivity index (χ3n) is 8.51. The Bertz CT molecular complexity index is 1020. The first-order chi connectivity index (χ1) is 17.6. The lowest BCUT2D eigenvalue weighted by molar-refractivity contribution is 0.0542. The molecule has 5 nitrogen and oxygen atoms in total. The number of carbonyl (C=O) groups is 1. The van der Waals surface area contributed by atoms with Crippen LogP contribution in [0.4, 0.5) is 0 Å². The molecule has 0 saturated carbocycles. The van der Waals surface area contributed by atoms with Gasteiger partial charge in [-0.1, -0.05) is 56.5 Å². The fourth-order valence-corrected chi connectivity index (χ4v) is 6.52. The van der Waals surface area contributed by atoms with Crippen molar-refractivity contribution in [1.29, 1.82) is 0 Å². The van der Waals surface area contributed by atoms with Crippen LogP contribution in [0.2, 0.25) is 0 Å². The minimum absolute atomic E-state index is 0.0135. The zero-order valence-corrected chi connectivity index (χ0v) is 22.1. The van der Waals surface area contributed by atoms with Crippen molar-refractivity contribution in [3.05, 3.63) is 64.7 Å². The van der Waals surface area contributed by atoms with Crippen LogP contribution in [0.3, 0.4) is 0 Å². The van der Waals surface area contributed by atoms with E-state index >= 15 is 0 Å². The molecule has 0 radical (unpaired) electrons. The van der Waals surface area contributed by atoms with Crippen LogP contribution >= 0.6 is 0 Å². The predicted molar refractivity (Wildman–Crippen MR) is 146 cm³/mol. The highest BCUT2D eigenvalue weighted by molar-refractivity contribution is 5.97. The Labute approximate surface area is 217 Å². The van der Waals surface area contributed by atoms with Crippen molar-refractivity contribution < 1.29 is 9.53 Å². The van der Waals surface area contributed by atoms with Gasteiger partial charge in [0.2, 0.25) is 0 Å². The Hall–Kier alpha value is -2.37. The molecule has 0 aromatic heterocycles. The van der Waals surface area contributed by atoms with Crippen LogP contribution in [0.15, 0.2) is 42.5 Å². The Morgan fingerprint density at radius 1 is 1.19 bits per heavy atom. The normalized spacial score (nSPS) is 24.2. The highest BCUT2D eigenvalue weighted by Gasteiger charge is 2.41. The van der Waals surface area contributed by atoms with Crippen molar-refractivity contribution in [2.75, 3.05) is 26.2 Å². The summed E-state index contributed by atoms with van der Waals surface area (Å²) in [6.45, 7) is 8.33. The summed E-state index contributed by atoms with van der Waals surface area (Å²) in [6, 6.07) is 15.3. The van der Waals surface area contributed by atoms with Gasteiger partial charge in [0, 0.05) is 30.7 Å². The van der Waals surface area contributed by atoms with Crippen molar-refractivity contribution in [3.8, 4) is 5.75 Å². The first-order valence-corrected chi connectivity index (χ1v) is 14.3. The van der Waals surface area contributed by atoms with E-state index in [2.05, 4.69) is 47.6 Å². The molecule has 2 aromatic rings. The van der Waals surface area contributed by atoms with Gasteiger partial charge in [-0.3, -0.25) is 9.69 Å². The minimum atomic E-state index is -0.0524. The fraction of sp³-hybridized carbons (Fsp3) is 0.581. The standard InChI is InChI=1S/C31H43N3O2/c1-3-4-5-9-17-36-26-18-24-14-16-34-21-25-13-10-15-32-28(25)20-29(34)30(24)27(19-26)31(35)33-22(2)23-11-7-6-8-12-23/h6-8,11-12,18-19,22,25,28-29,32H,3-5,9-10,13-17,20-21H2,1-2H3,(H,33,35)/t22-,25-,28+,29+/m1/s1. The van der Waals surface area contributed by atoms with Gasteiger partial charge >= 0.3 is 0 Å². The van der Waals surface area contributed by atoms with Crippen LogP contribution in [0.25, 0.3) is 0 Å². The second-order valence-electron chi connectivity index (χ2n) is 11.0. The molecule has 3 aliphatic rings. The van der Waals surface area contributed by atoms with Gasteiger partial charge in [-0.05, 0) is 80.3 Å². The first-order valence-electron chi connectivity index (χ1n) is 14.3. The zero-order valence-electron chi connectivity index (χ0n) is 22.1. The molecule has 194 valence electrons.